The van der Waals surface area contributed by atoms with Crippen molar-refractivity contribution < 1.29 is 4.79 Å². The molecular weight excluding hydrogens is 424 g/mol. The summed E-state index contributed by atoms with van der Waals surface area (Å²) in [5.74, 6) is 1.53. The molecule has 1 amide bonds. The number of nitrogens with one attached hydrogen (secondary N) is 1. The summed E-state index contributed by atoms with van der Waals surface area (Å²) in [6, 6.07) is 14.0. The van der Waals surface area contributed by atoms with E-state index in [4.69, 9.17) is 17.3 Å². The third-order valence-corrected chi connectivity index (χ3v) is 6.11. The van der Waals surface area contributed by atoms with Crippen LogP contribution >= 0.6 is 11.6 Å². The number of carbonyl (C=O) groups is 1. The van der Waals surface area contributed by atoms with Crippen molar-refractivity contribution in [1.82, 2.24) is 19.4 Å². The summed E-state index contributed by atoms with van der Waals surface area (Å²) >= 11 is 6.29. The summed E-state index contributed by atoms with van der Waals surface area (Å²) in [5, 5.41) is 5.70. The Labute approximate surface area is 190 Å². The molecule has 32 heavy (non-hydrogen) atoms. The maximum atomic E-state index is 12.8. The first kappa shape index (κ1) is 20.3. The van der Waals surface area contributed by atoms with Gasteiger partial charge >= 0.3 is 0 Å². The molecule has 5 rings (SSSR count). The molecule has 0 spiro atoms. The molecule has 0 unspecified atom stereocenters. The van der Waals surface area contributed by atoms with Gasteiger partial charge in [-0.15, -0.1) is 0 Å². The van der Waals surface area contributed by atoms with Crippen molar-refractivity contribution in [2.75, 3.05) is 17.6 Å². The van der Waals surface area contributed by atoms with E-state index in [2.05, 4.69) is 32.0 Å². The van der Waals surface area contributed by atoms with Gasteiger partial charge < -0.3 is 20.5 Å². The number of aromatic nitrogens is 3. The van der Waals surface area contributed by atoms with Gasteiger partial charge in [-0.25, -0.2) is 9.97 Å². The van der Waals surface area contributed by atoms with Crippen LogP contribution in [0, 0.1) is 0 Å². The minimum atomic E-state index is 0.125. The summed E-state index contributed by atoms with van der Waals surface area (Å²) in [4.78, 5) is 23.1. The molecule has 162 valence electrons. The number of pyridine rings is 1. The second-order valence-corrected chi connectivity index (χ2v) is 8.36. The Hall–Kier alpha value is -3.58. The van der Waals surface area contributed by atoms with Gasteiger partial charge in [0.15, 0.2) is 0 Å². The van der Waals surface area contributed by atoms with Gasteiger partial charge in [0.1, 0.15) is 11.6 Å². The molecular formula is C24H23ClN6O. The van der Waals surface area contributed by atoms with Crippen molar-refractivity contribution in [3.63, 3.8) is 0 Å². The first-order valence-corrected chi connectivity index (χ1v) is 10.9. The lowest BCUT2D eigenvalue weighted by Crippen LogP contribution is -2.39. The number of imidazole rings is 1. The third kappa shape index (κ3) is 4.11. The summed E-state index contributed by atoms with van der Waals surface area (Å²) in [5.41, 5.74) is 8.99. The number of hydrogen-bond donors (Lipinski definition) is 2. The van der Waals surface area contributed by atoms with Gasteiger partial charge in [0, 0.05) is 54.7 Å². The van der Waals surface area contributed by atoms with Gasteiger partial charge in [-0.3, -0.25) is 4.79 Å². The molecule has 3 N–H and O–H groups in total. The predicted molar refractivity (Wildman–Crippen MR) is 126 cm³/mol. The minimum absolute atomic E-state index is 0.125. The van der Waals surface area contributed by atoms with Crippen molar-refractivity contribution in [1.29, 1.82) is 0 Å². The van der Waals surface area contributed by atoms with Crippen LogP contribution in [-0.2, 0) is 30.8 Å². The minimum Gasteiger partial charge on any atom is -0.383 e. The normalized spacial score (nSPS) is 13.2. The smallest absolute Gasteiger partial charge is 0.227 e. The molecule has 4 aromatic rings. The highest BCUT2D eigenvalue weighted by Crippen LogP contribution is 2.29. The van der Waals surface area contributed by atoms with E-state index in [1.165, 1.54) is 0 Å². The van der Waals surface area contributed by atoms with Gasteiger partial charge in [-0.05, 0) is 29.3 Å². The zero-order chi connectivity index (χ0) is 22.1. The zero-order valence-corrected chi connectivity index (χ0v) is 18.2. The number of nitrogens with two attached hydrogens (primary N) is 1. The number of fused-ring (bicyclic) bond motifs is 2. The predicted octanol–water partition coefficient (Wildman–Crippen LogP) is 3.86. The van der Waals surface area contributed by atoms with Gasteiger partial charge in [0.25, 0.3) is 0 Å². The zero-order valence-electron chi connectivity index (χ0n) is 17.5. The molecule has 3 heterocycles. The molecule has 0 aliphatic carbocycles. The number of halogens is 1. The molecule has 1 aliphatic heterocycles. The monoisotopic (exact) mass is 446 g/mol. The van der Waals surface area contributed by atoms with Crippen molar-refractivity contribution in [3.05, 3.63) is 83.0 Å². The number of carbonyl (C=O) groups excluding carboxylic acids is 1. The molecule has 0 bridgehead atoms. The number of hydrogen-bond acceptors (Lipinski definition) is 5. The van der Waals surface area contributed by atoms with E-state index in [1.54, 1.807) is 12.4 Å². The Morgan fingerprint density at radius 1 is 1.09 bits per heavy atom. The molecule has 0 saturated heterocycles. The summed E-state index contributed by atoms with van der Waals surface area (Å²) in [6.07, 6.45) is 5.70. The highest BCUT2D eigenvalue weighted by molar-refractivity contribution is 6.35. The number of amides is 1. The van der Waals surface area contributed by atoms with Gasteiger partial charge in [-0.1, -0.05) is 35.9 Å². The van der Waals surface area contributed by atoms with Crippen LogP contribution in [0.4, 0.5) is 11.5 Å². The van der Waals surface area contributed by atoms with Crippen molar-refractivity contribution in [3.8, 4) is 0 Å². The van der Waals surface area contributed by atoms with Crippen LogP contribution in [0.3, 0.4) is 0 Å². The first-order chi connectivity index (χ1) is 15.6. The SMILES string of the molecule is Nc1ncc(Cl)c2cc(NCc3cccc(CC(=O)N4CCn5ccnc5C4)c3)ccc12. The van der Waals surface area contributed by atoms with E-state index in [0.717, 1.165) is 40.0 Å². The fraction of sp³-hybridized carbons (Fsp3) is 0.208. The van der Waals surface area contributed by atoms with E-state index in [0.29, 0.717) is 36.9 Å². The third-order valence-electron chi connectivity index (χ3n) is 5.81. The summed E-state index contributed by atoms with van der Waals surface area (Å²) in [7, 11) is 0. The molecule has 0 fully saturated rings. The van der Waals surface area contributed by atoms with Crippen LogP contribution in [0.1, 0.15) is 17.0 Å². The maximum Gasteiger partial charge on any atom is 0.227 e. The number of anilines is 2. The number of nitrogen functional groups attached to an aromatic ring is 1. The van der Waals surface area contributed by atoms with E-state index < -0.39 is 0 Å². The van der Waals surface area contributed by atoms with Crippen LogP contribution in [0.25, 0.3) is 10.8 Å². The van der Waals surface area contributed by atoms with Crippen molar-refractivity contribution in [2.45, 2.75) is 26.1 Å². The molecule has 0 saturated carbocycles. The molecule has 0 atom stereocenters. The molecule has 2 aromatic carbocycles. The lowest BCUT2D eigenvalue weighted by Gasteiger charge is -2.27. The Bertz CT molecular complexity index is 1300. The largest absolute Gasteiger partial charge is 0.383 e. The van der Waals surface area contributed by atoms with E-state index in [1.807, 2.05) is 41.4 Å². The van der Waals surface area contributed by atoms with Crippen LogP contribution in [-0.4, -0.2) is 31.9 Å². The topological polar surface area (TPSA) is 89.1 Å². The average Bonchev–Trinajstić information content (AvgIpc) is 3.28. The molecule has 7 nitrogen and oxygen atoms in total. The fourth-order valence-corrected chi connectivity index (χ4v) is 4.27. The highest BCUT2D eigenvalue weighted by Gasteiger charge is 2.21. The fourth-order valence-electron chi connectivity index (χ4n) is 4.07. The van der Waals surface area contributed by atoms with Crippen LogP contribution in [0.5, 0.6) is 0 Å². The first-order valence-electron chi connectivity index (χ1n) is 10.5. The van der Waals surface area contributed by atoms with Crippen molar-refractivity contribution >= 4 is 39.8 Å². The summed E-state index contributed by atoms with van der Waals surface area (Å²) in [6.45, 7) is 2.71. The van der Waals surface area contributed by atoms with Gasteiger partial charge in [0.2, 0.25) is 5.91 Å². The Morgan fingerprint density at radius 3 is 2.88 bits per heavy atom. The van der Waals surface area contributed by atoms with Crippen LogP contribution < -0.4 is 11.1 Å². The highest BCUT2D eigenvalue weighted by atomic mass is 35.5. The molecule has 0 radical (unpaired) electrons. The summed E-state index contributed by atoms with van der Waals surface area (Å²) < 4.78 is 2.10. The Kier molecular flexibility index (Phi) is 5.41. The molecule has 2 aromatic heterocycles. The van der Waals surface area contributed by atoms with Gasteiger partial charge in [-0.2, -0.15) is 0 Å². The van der Waals surface area contributed by atoms with Crippen molar-refractivity contribution in [2.24, 2.45) is 0 Å². The maximum absolute atomic E-state index is 12.8. The number of benzene rings is 2. The molecule has 8 heteroatoms. The van der Waals surface area contributed by atoms with Crippen LogP contribution in [0.15, 0.2) is 61.1 Å². The second-order valence-electron chi connectivity index (χ2n) is 7.95. The van der Waals surface area contributed by atoms with E-state index >= 15 is 0 Å². The van der Waals surface area contributed by atoms with Crippen LogP contribution in [0.2, 0.25) is 5.02 Å². The standard InChI is InChI=1S/C24H23ClN6O/c25-21-14-29-24(26)19-5-4-18(12-20(19)21)28-13-17-3-1-2-16(10-17)11-23(32)31-9-8-30-7-6-27-22(30)15-31/h1-7,10,12,14,28H,8-9,11,13,15H2,(H2,26,29). The quantitative estimate of drug-likeness (QED) is 0.486. The Morgan fingerprint density at radius 2 is 1.97 bits per heavy atom. The number of nitrogens with zero attached hydrogens (tertiary/aromatic N) is 4. The lowest BCUT2D eigenvalue weighted by atomic mass is 10.1. The lowest BCUT2D eigenvalue weighted by molar-refractivity contribution is -0.132. The average molecular weight is 447 g/mol. The number of rotatable bonds is 5. The Balaban J connectivity index is 1.24. The van der Waals surface area contributed by atoms with E-state index in [9.17, 15) is 4.79 Å². The van der Waals surface area contributed by atoms with E-state index in [-0.39, 0.29) is 5.91 Å². The molecule has 1 aliphatic rings. The second kappa shape index (κ2) is 8.51. The van der Waals surface area contributed by atoms with Gasteiger partial charge in [0.05, 0.1) is 18.0 Å².